The Morgan fingerprint density at radius 1 is 0.540 bits per heavy atom. The van der Waals surface area contributed by atoms with Crippen molar-refractivity contribution in [1.29, 1.82) is 0 Å². The largest absolute Gasteiger partial charge is 0.310 e. The molecule has 4 bridgehead atoms. The molecule has 0 amide bonds. The lowest BCUT2D eigenvalue weighted by Gasteiger charge is -2.61. The molecule has 4 saturated carbocycles. The first kappa shape index (κ1) is 29.8. The normalized spacial score (nSPS) is 27.8. The van der Waals surface area contributed by atoms with E-state index in [0.717, 1.165) is 23.7 Å². The molecule has 5 aromatic carbocycles. The average Bonchev–Trinajstić information content (AvgIpc) is 3.63. The highest BCUT2D eigenvalue weighted by atomic mass is 32.1. The van der Waals surface area contributed by atoms with Crippen molar-refractivity contribution in [3.63, 3.8) is 0 Å². The van der Waals surface area contributed by atoms with Gasteiger partial charge < -0.3 is 4.90 Å². The van der Waals surface area contributed by atoms with Crippen LogP contribution in [-0.4, -0.2) is 0 Å². The van der Waals surface area contributed by atoms with Gasteiger partial charge in [0.05, 0.1) is 5.69 Å². The molecule has 0 N–H and O–H groups in total. The van der Waals surface area contributed by atoms with Crippen LogP contribution in [0.5, 0.6) is 0 Å². The van der Waals surface area contributed by atoms with Gasteiger partial charge in [-0.15, -0.1) is 11.3 Å². The highest BCUT2D eigenvalue weighted by molar-refractivity contribution is 7.25. The zero-order chi connectivity index (χ0) is 33.6. The molecule has 6 aromatic rings. The van der Waals surface area contributed by atoms with Crippen LogP contribution in [0.15, 0.2) is 103 Å². The first-order valence-corrected chi connectivity index (χ1v) is 20.1. The van der Waals surface area contributed by atoms with Crippen LogP contribution in [-0.2, 0) is 16.2 Å². The van der Waals surface area contributed by atoms with Crippen molar-refractivity contribution < 1.29 is 0 Å². The summed E-state index contributed by atoms with van der Waals surface area (Å²) in [5.74, 6) is 3.46. The van der Waals surface area contributed by atoms with Gasteiger partial charge in [-0.1, -0.05) is 88.4 Å². The summed E-state index contributed by atoms with van der Waals surface area (Å²) in [5.41, 5.74) is 13.6. The molecule has 0 atom stereocenters. The molecule has 1 heterocycles. The quantitative estimate of drug-likeness (QED) is 0.181. The molecule has 1 spiro atoms. The maximum Gasteiger partial charge on any atom is 0.0502 e. The average molecular weight is 670 g/mol. The van der Waals surface area contributed by atoms with Gasteiger partial charge in [-0.25, -0.2) is 0 Å². The minimum Gasteiger partial charge on any atom is -0.310 e. The van der Waals surface area contributed by atoms with Gasteiger partial charge in [-0.05, 0) is 155 Å². The number of thiophene rings is 1. The Balaban J connectivity index is 1.17. The minimum atomic E-state index is 0.0760. The topological polar surface area (TPSA) is 3.24 Å². The molecule has 1 nitrogen and oxygen atoms in total. The first-order valence-electron chi connectivity index (χ1n) is 19.3. The molecule has 250 valence electrons. The standard InChI is InChI=1S/C48H47NS/c1-46(2)20-21-47(3,4)45-41(46)13-9-14-42(45)49(34-17-19-44-38(28-34)36-11-6-8-15-43(36)50-44)33-16-18-40-37(27-33)35-10-5-7-12-39(35)48(40)31-23-29-22-30(25-31)26-32(48)24-29/h5-19,27-32H,20-26H2,1-4H3. The van der Waals surface area contributed by atoms with Crippen molar-refractivity contribution in [3.05, 3.63) is 125 Å². The molecule has 0 unspecified atom stereocenters. The van der Waals surface area contributed by atoms with E-state index in [1.807, 2.05) is 11.3 Å². The predicted octanol–water partition coefficient (Wildman–Crippen LogP) is 13.6. The third-order valence-electron chi connectivity index (χ3n) is 14.5. The second-order valence-electron chi connectivity index (χ2n) is 18.0. The van der Waals surface area contributed by atoms with Crippen molar-refractivity contribution in [1.82, 2.24) is 0 Å². The molecular formula is C48H47NS. The van der Waals surface area contributed by atoms with Crippen LogP contribution < -0.4 is 4.90 Å². The van der Waals surface area contributed by atoms with Crippen molar-refractivity contribution in [2.45, 2.75) is 88.9 Å². The number of fused-ring (bicyclic) bond motifs is 7. The molecule has 6 aliphatic rings. The van der Waals surface area contributed by atoms with Crippen LogP contribution in [0.2, 0.25) is 0 Å². The second kappa shape index (κ2) is 10.1. The molecular weight excluding hydrogens is 623 g/mol. The van der Waals surface area contributed by atoms with Gasteiger partial charge in [0, 0.05) is 37.0 Å². The molecule has 6 aliphatic carbocycles. The second-order valence-corrected chi connectivity index (χ2v) is 19.1. The van der Waals surface area contributed by atoms with Crippen LogP contribution in [0.3, 0.4) is 0 Å². The minimum absolute atomic E-state index is 0.0760. The summed E-state index contributed by atoms with van der Waals surface area (Å²) in [4.78, 5) is 2.64. The van der Waals surface area contributed by atoms with Crippen LogP contribution in [0.1, 0.15) is 94.9 Å². The fourth-order valence-corrected chi connectivity index (χ4v) is 13.5. The van der Waals surface area contributed by atoms with E-state index < -0.39 is 0 Å². The number of hydrogen-bond donors (Lipinski definition) is 0. The molecule has 0 radical (unpaired) electrons. The van der Waals surface area contributed by atoms with Gasteiger partial charge in [-0.2, -0.15) is 0 Å². The molecule has 1 aromatic heterocycles. The Hall–Kier alpha value is -3.88. The maximum atomic E-state index is 2.64. The summed E-state index contributed by atoms with van der Waals surface area (Å²) in [6.07, 6.45) is 9.58. The molecule has 2 heteroatoms. The lowest BCUT2D eigenvalue weighted by Crippen LogP contribution is -2.55. The summed E-state index contributed by atoms with van der Waals surface area (Å²) >= 11 is 1.91. The first-order chi connectivity index (χ1) is 24.2. The Morgan fingerprint density at radius 2 is 1.18 bits per heavy atom. The fraction of sp³-hybridized carbons (Fsp3) is 0.375. The van der Waals surface area contributed by atoms with E-state index in [4.69, 9.17) is 0 Å². The zero-order valence-electron chi connectivity index (χ0n) is 29.9. The zero-order valence-corrected chi connectivity index (χ0v) is 30.7. The van der Waals surface area contributed by atoms with E-state index >= 15 is 0 Å². The lowest BCUT2D eigenvalue weighted by atomic mass is 9.43. The van der Waals surface area contributed by atoms with Crippen LogP contribution in [0.25, 0.3) is 31.3 Å². The Morgan fingerprint density at radius 3 is 2.00 bits per heavy atom. The Kier molecular flexibility index (Phi) is 6.04. The Labute approximate surface area is 301 Å². The molecule has 50 heavy (non-hydrogen) atoms. The van der Waals surface area contributed by atoms with Crippen LogP contribution in [0.4, 0.5) is 17.1 Å². The summed E-state index contributed by atoms with van der Waals surface area (Å²) in [5, 5.41) is 2.72. The van der Waals surface area contributed by atoms with E-state index in [2.05, 4.69) is 136 Å². The van der Waals surface area contributed by atoms with E-state index in [0.29, 0.717) is 0 Å². The monoisotopic (exact) mass is 669 g/mol. The highest BCUT2D eigenvalue weighted by Crippen LogP contribution is 2.69. The van der Waals surface area contributed by atoms with Crippen molar-refractivity contribution in [2.75, 3.05) is 4.90 Å². The SMILES string of the molecule is CC1(C)CCC(C)(C)c2c(N(c3ccc4c(c3)-c3ccccc3C43C4CC5CC(C4)CC3C5)c3ccc4sc5ccccc5c4c3)cccc21. The Bertz CT molecular complexity index is 2340. The summed E-state index contributed by atoms with van der Waals surface area (Å²) in [6.45, 7) is 9.87. The van der Waals surface area contributed by atoms with E-state index in [9.17, 15) is 0 Å². The number of nitrogens with zero attached hydrogens (tertiary/aromatic N) is 1. The van der Waals surface area contributed by atoms with Gasteiger partial charge in [-0.3, -0.25) is 0 Å². The highest BCUT2D eigenvalue weighted by Gasteiger charge is 2.61. The van der Waals surface area contributed by atoms with E-state index in [1.54, 1.807) is 11.1 Å². The summed E-state index contributed by atoms with van der Waals surface area (Å²) < 4.78 is 2.72. The number of anilines is 3. The number of hydrogen-bond acceptors (Lipinski definition) is 2. The van der Waals surface area contributed by atoms with Gasteiger partial charge >= 0.3 is 0 Å². The van der Waals surface area contributed by atoms with Gasteiger partial charge in [0.1, 0.15) is 0 Å². The molecule has 0 saturated heterocycles. The van der Waals surface area contributed by atoms with Crippen molar-refractivity contribution in [3.8, 4) is 11.1 Å². The van der Waals surface area contributed by atoms with Crippen LogP contribution in [0, 0.1) is 23.7 Å². The third kappa shape index (κ3) is 3.90. The van der Waals surface area contributed by atoms with E-state index in [-0.39, 0.29) is 16.2 Å². The summed E-state index contributed by atoms with van der Waals surface area (Å²) in [7, 11) is 0. The van der Waals surface area contributed by atoms with E-state index in [1.165, 1.54) is 104 Å². The number of rotatable bonds is 3. The molecule has 12 rings (SSSR count). The summed E-state index contributed by atoms with van der Waals surface area (Å²) in [6, 6.07) is 40.6. The van der Waals surface area contributed by atoms with Crippen LogP contribution >= 0.6 is 11.3 Å². The molecule has 0 aliphatic heterocycles. The van der Waals surface area contributed by atoms with Crippen molar-refractivity contribution in [2.24, 2.45) is 23.7 Å². The predicted molar refractivity (Wildman–Crippen MR) is 213 cm³/mol. The number of benzene rings is 5. The lowest BCUT2D eigenvalue weighted by molar-refractivity contribution is -0.0399. The van der Waals surface area contributed by atoms with Gasteiger partial charge in [0.2, 0.25) is 0 Å². The van der Waals surface area contributed by atoms with Gasteiger partial charge in [0.15, 0.2) is 0 Å². The third-order valence-corrected chi connectivity index (χ3v) is 15.6. The maximum absolute atomic E-state index is 2.64. The fourth-order valence-electron chi connectivity index (χ4n) is 12.5. The smallest absolute Gasteiger partial charge is 0.0502 e. The van der Waals surface area contributed by atoms with Gasteiger partial charge in [0.25, 0.3) is 0 Å². The van der Waals surface area contributed by atoms with Crippen molar-refractivity contribution >= 4 is 48.6 Å². The molecule has 4 fully saturated rings.